The number of hydrogen-bond acceptors (Lipinski definition) is 5. The molecule has 1 aromatic carbocycles. The van der Waals surface area contributed by atoms with Gasteiger partial charge >= 0.3 is 6.09 Å². The number of ether oxygens (including phenoxy) is 1. The molecule has 9 nitrogen and oxygen atoms in total. The zero-order chi connectivity index (χ0) is 28.9. The molecule has 4 aromatic rings. The molecule has 6 rings (SSSR count). The number of hydrogen-bond donors (Lipinski definition) is 1. The number of pyridine rings is 1. The molecule has 2 amide bonds. The number of nitrogens with one attached hydrogen (secondary N) is 1. The molecule has 1 fully saturated rings. The number of fused-ring (bicyclic) bond motifs is 2. The maximum atomic E-state index is 13.5. The van der Waals surface area contributed by atoms with Crippen LogP contribution in [0.4, 0.5) is 4.79 Å². The Labute approximate surface area is 240 Å². The molecule has 0 spiro atoms. The minimum atomic E-state index is -0.576. The van der Waals surface area contributed by atoms with E-state index in [2.05, 4.69) is 40.2 Å². The number of rotatable bonds is 4. The number of aromatic nitrogens is 4. The number of aryl methyl sites for hydroxylation is 2. The first-order valence-corrected chi connectivity index (χ1v) is 14.5. The summed E-state index contributed by atoms with van der Waals surface area (Å²) in [6, 6.07) is 6.51. The van der Waals surface area contributed by atoms with Crippen LogP contribution >= 0.6 is 0 Å². The molecular weight excluding hydrogens is 516 g/mol. The second kappa shape index (κ2) is 10.4. The number of likely N-dealkylation sites (tertiary alicyclic amines) is 1. The molecular formula is C32H38N6O3. The van der Waals surface area contributed by atoms with Crippen LogP contribution in [-0.2, 0) is 24.2 Å². The lowest BCUT2D eigenvalue weighted by atomic mass is 9.86. The van der Waals surface area contributed by atoms with Crippen LogP contribution in [0, 0.1) is 6.92 Å². The summed E-state index contributed by atoms with van der Waals surface area (Å²) in [4.78, 5) is 38.5. The van der Waals surface area contributed by atoms with E-state index in [1.54, 1.807) is 10.9 Å². The summed E-state index contributed by atoms with van der Waals surface area (Å²) >= 11 is 0. The summed E-state index contributed by atoms with van der Waals surface area (Å²) in [5.74, 6) is -0.0154. The second-order valence-corrected chi connectivity index (χ2v) is 12.2. The Morgan fingerprint density at radius 1 is 1.12 bits per heavy atom. The number of nitrogens with zero attached hydrogens (tertiary/aromatic N) is 5. The molecule has 1 atom stereocenters. The lowest BCUT2D eigenvalue weighted by molar-refractivity contribution is 0.0222. The third kappa shape index (κ3) is 5.21. The van der Waals surface area contributed by atoms with Crippen molar-refractivity contribution in [2.45, 2.75) is 78.6 Å². The highest BCUT2D eigenvalue weighted by atomic mass is 16.6. The Balaban J connectivity index is 1.41. The zero-order valence-electron chi connectivity index (χ0n) is 24.5. The van der Waals surface area contributed by atoms with Crippen molar-refractivity contribution in [2.75, 3.05) is 13.1 Å². The molecule has 0 saturated carbocycles. The van der Waals surface area contributed by atoms with Gasteiger partial charge in [-0.25, -0.2) is 9.78 Å². The third-order valence-corrected chi connectivity index (χ3v) is 8.18. The van der Waals surface area contributed by atoms with Crippen LogP contribution in [0.5, 0.6) is 0 Å². The molecule has 0 bridgehead atoms. The van der Waals surface area contributed by atoms with Crippen LogP contribution in [0.25, 0.3) is 22.2 Å². The van der Waals surface area contributed by atoms with E-state index in [9.17, 15) is 9.59 Å². The van der Waals surface area contributed by atoms with Gasteiger partial charge in [-0.2, -0.15) is 5.10 Å². The minimum Gasteiger partial charge on any atom is -0.444 e. The van der Waals surface area contributed by atoms with Crippen LogP contribution in [-0.4, -0.2) is 60.2 Å². The highest BCUT2D eigenvalue weighted by Gasteiger charge is 2.36. The molecule has 2 aliphatic rings. The number of carbonyl (C=O) groups excluding carboxylic acids is 2. The van der Waals surface area contributed by atoms with Crippen molar-refractivity contribution < 1.29 is 14.3 Å². The molecule has 1 N–H and O–H groups in total. The Morgan fingerprint density at radius 3 is 2.71 bits per heavy atom. The topological polar surface area (TPSA) is 96.4 Å². The molecule has 0 aliphatic carbocycles. The van der Waals surface area contributed by atoms with E-state index in [0.29, 0.717) is 31.7 Å². The van der Waals surface area contributed by atoms with Gasteiger partial charge in [0.2, 0.25) is 0 Å². The van der Waals surface area contributed by atoms with Gasteiger partial charge in [0.15, 0.2) is 0 Å². The van der Waals surface area contributed by atoms with E-state index >= 15 is 0 Å². The normalized spacial score (nSPS) is 17.2. The Morgan fingerprint density at radius 2 is 1.95 bits per heavy atom. The average molecular weight is 555 g/mol. The SMILES string of the molecule is CCn1cc(C(=O)N2CCc3cc(-c4cnc5[nH]cc(C)c5c4)cc(C4CCCN4C(=O)OC(C)(C)C)c3C2)cn1. The fourth-order valence-electron chi connectivity index (χ4n) is 6.09. The molecule has 9 heteroatoms. The zero-order valence-corrected chi connectivity index (χ0v) is 24.5. The van der Waals surface area contributed by atoms with E-state index in [1.165, 1.54) is 5.56 Å². The summed E-state index contributed by atoms with van der Waals surface area (Å²) in [6.07, 6.45) is 9.55. The highest BCUT2D eigenvalue weighted by Crippen LogP contribution is 2.40. The van der Waals surface area contributed by atoms with E-state index in [0.717, 1.165) is 58.1 Å². The molecule has 0 radical (unpaired) electrons. The summed E-state index contributed by atoms with van der Waals surface area (Å²) < 4.78 is 7.59. The molecule has 5 heterocycles. The molecule has 2 aliphatic heterocycles. The van der Waals surface area contributed by atoms with Crippen molar-refractivity contribution in [3.05, 3.63) is 70.8 Å². The van der Waals surface area contributed by atoms with Gasteiger partial charge in [-0.3, -0.25) is 9.48 Å². The summed E-state index contributed by atoms with van der Waals surface area (Å²) in [5.41, 5.74) is 7.60. The van der Waals surface area contributed by atoms with Gasteiger partial charge in [0.25, 0.3) is 5.91 Å². The van der Waals surface area contributed by atoms with Gasteiger partial charge in [-0.1, -0.05) is 6.07 Å². The third-order valence-electron chi connectivity index (χ3n) is 8.18. The summed E-state index contributed by atoms with van der Waals surface area (Å²) in [7, 11) is 0. The lowest BCUT2D eigenvalue weighted by Crippen LogP contribution is -2.39. The second-order valence-electron chi connectivity index (χ2n) is 12.2. The largest absolute Gasteiger partial charge is 0.444 e. The monoisotopic (exact) mass is 554 g/mol. The minimum absolute atomic E-state index is 0.0154. The fourth-order valence-corrected chi connectivity index (χ4v) is 6.09. The van der Waals surface area contributed by atoms with Crippen LogP contribution in [0.3, 0.4) is 0 Å². The van der Waals surface area contributed by atoms with Gasteiger partial charge in [-0.15, -0.1) is 0 Å². The number of aromatic amines is 1. The maximum absolute atomic E-state index is 13.5. The van der Waals surface area contributed by atoms with Gasteiger partial charge in [0.1, 0.15) is 11.2 Å². The molecule has 41 heavy (non-hydrogen) atoms. The first kappa shape index (κ1) is 27.1. The average Bonchev–Trinajstić information content (AvgIpc) is 3.71. The van der Waals surface area contributed by atoms with Crippen molar-refractivity contribution in [3.63, 3.8) is 0 Å². The van der Waals surface area contributed by atoms with Crippen molar-refractivity contribution >= 4 is 23.0 Å². The quantitative estimate of drug-likeness (QED) is 0.333. The van der Waals surface area contributed by atoms with Gasteiger partial charge in [-0.05, 0) is 93.8 Å². The Kier molecular flexibility index (Phi) is 6.83. The van der Waals surface area contributed by atoms with Crippen molar-refractivity contribution in [1.82, 2.24) is 29.5 Å². The number of H-pyrrole nitrogens is 1. The smallest absolute Gasteiger partial charge is 0.410 e. The number of amides is 2. The molecule has 214 valence electrons. The summed E-state index contributed by atoms with van der Waals surface area (Å²) in [6.45, 7) is 12.3. The van der Waals surface area contributed by atoms with E-state index in [-0.39, 0.29) is 18.0 Å². The maximum Gasteiger partial charge on any atom is 0.410 e. The van der Waals surface area contributed by atoms with Crippen molar-refractivity contribution in [1.29, 1.82) is 0 Å². The summed E-state index contributed by atoms with van der Waals surface area (Å²) in [5, 5.41) is 5.41. The van der Waals surface area contributed by atoms with Gasteiger partial charge in [0, 0.05) is 55.7 Å². The number of benzene rings is 1. The molecule has 3 aromatic heterocycles. The van der Waals surface area contributed by atoms with Crippen molar-refractivity contribution in [2.24, 2.45) is 0 Å². The van der Waals surface area contributed by atoms with Gasteiger partial charge < -0.3 is 19.5 Å². The van der Waals surface area contributed by atoms with Crippen LogP contribution in [0.1, 0.15) is 79.2 Å². The first-order chi connectivity index (χ1) is 19.6. The van der Waals surface area contributed by atoms with Crippen LogP contribution in [0.15, 0.2) is 43.0 Å². The highest BCUT2D eigenvalue weighted by molar-refractivity contribution is 5.94. The Hall–Kier alpha value is -4.14. The standard InChI is InChI=1S/C32H38N6O3/c1-6-37-18-24(17-35-37)30(39)36-11-9-21-12-22(23-14-25-20(2)15-33-29(25)34-16-23)13-26(27(21)19-36)28-8-7-10-38(28)31(40)41-32(3,4)5/h12-18,28H,6-11,19H2,1-5H3,(H,33,34). The lowest BCUT2D eigenvalue weighted by Gasteiger charge is -2.34. The Bertz CT molecular complexity index is 1630. The van der Waals surface area contributed by atoms with E-state index in [4.69, 9.17) is 4.74 Å². The number of carbonyl (C=O) groups is 2. The first-order valence-electron chi connectivity index (χ1n) is 14.5. The van der Waals surface area contributed by atoms with E-state index < -0.39 is 5.60 Å². The van der Waals surface area contributed by atoms with Crippen LogP contribution in [0.2, 0.25) is 0 Å². The molecule has 1 saturated heterocycles. The van der Waals surface area contributed by atoms with Gasteiger partial charge in [0.05, 0.1) is 17.8 Å². The fraction of sp³-hybridized carbons (Fsp3) is 0.438. The van der Waals surface area contributed by atoms with E-state index in [1.807, 2.05) is 56.1 Å². The molecule has 1 unspecified atom stereocenters. The van der Waals surface area contributed by atoms with Crippen LogP contribution < -0.4 is 0 Å². The van der Waals surface area contributed by atoms with Crippen molar-refractivity contribution in [3.8, 4) is 11.1 Å². The predicted octanol–water partition coefficient (Wildman–Crippen LogP) is 6.03. The predicted molar refractivity (Wildman–Crippen MR) is 158 cm³/mol.